The first kappa shape index (κ1) is 9.73. The number of aromatic nitrogens is 2. The maximum Gasteiger partial charge on any atom is 0.358 e. The Bertz CT molecular complexity index is 317. The van der Waals surface area contributed by atoms with E-state index in [2.05, 4.69) is 9.84 Å². The van der Waals surface area contributed by atoms with Crippen molar-refractivity contribution in [2.45, 2.75) is 13.0 Å². The third-order valence-electron chi connectivity index (χ3n) is 1.69. The first-order valence-corrected chi connectivity index (χ1v) is 3.86. The Morgan fingerprint density at radius 3 is 2.85 bits per heavy atom. The van der Waals surface area contributed by atoms with Gasteiger partial charge >= 0.3 is 5.97 Å². The van der Waals surface area contributed by atoms with Crippen LogP contribution in [-0.2, 0) is 11.8 Å². The molecule has 1 aromatic heterocycles. The van der Waals surface area contributed by atoms with Gasteiger partial charge in [0.25, 0.3) is 0 Å². The van der Waals surface area contributed by atoms with Gasteiger partial charge in [0.2, 0.25) is 0 Å². The SMILES string of the molecule is COC(=O)c1nn(C)cc1[C@@H](C)O. The maximum absolute atomic E-state index is 11.1. The van der Waals surface area contributed by atoms with Crippen LogP contribution in [0.4, 0.5) is 0 Å². The molecule has 72 valence electrons. The monoisotopic (exact) mass is 184 g/mol. The molecule has 0 saturated carbocycles. The first-order valence-electron chi connectivity index (χ1n) is 3.86. The van der Waals surface area contributed by atoms with Crippen molar-refractivity contribution >= 4 is 5.97 Å². The van der Waals surface area contributed by atoms with E-state index in [0.29, 0.717) is 5.56 Å². The van der Waals surface area contributed by atoms with Gasteiger partial charge in [-0.2, -0.15) is 5.10 Å². The van der Waals surface area contributed by atoms with Crippen molar-refractivity contribution in [3.8, 4) is 0 Å². The molecule has 1 atom stereocenters. The van der Waals surface area contributed by atoms with E-state index in [1.165, 1.54) is 11.8 Å². The van der Waals surface area contributed by atoms with Gasteiger partial charge < -0.3 is 9.84 Å². The van der Waals surface area contributed by atoms with E-state index in [-0.39, 0.29) is 5.69 Å². The average molecular weight is 184 g/mol. The minimum absolute atomic E-state index is 0.167. The highest BCUT2D eigenvalue weighted by Gasteiger charge is 2.19. The van der Waals surface area contributed by atoms with Crippen LogP contribution < -0.4 is 0 Å². The molecule has 1 N–H and O–H groups in total. The number of aryl methyl sites for hydroxylation is 1. The fraction of sp³-hybridized carbons (Fsp3) is 0.500. The quantitative estimate of drug-likeness (QED) is 0.669. The summed E-state index contributed by atoms with van der Waals surface area (Å²) in [6, 6.07) is 0. The molecule has 0 aliphatic heterocycles. The lowest BCUT2D eigenvalue weighted by Gasteiger charge is -2.01. The molecular weight excluding hydrogens is 172 g/mol. The van der Waals surface area contributed by atoms with E-state index < -0.39 is 12.1 Å². The summed E-state index contributed by atoms with van der Waals surface area (Å²) in [6.07, 6.45) is 0.875. The Morgan fingerprint density at radius 2 is 2.38 bits per heavy atom. The number of carbonyl (C=O) groups excluding carboxylic acids is 1. The van der Waals surface area contributed by atoms with Crippen molar-refractivity contribution in [3.05, 3.63) is 17.5 Å². The van der Waals surface area contributed by atoms with Crippen LogP contribution in [0.2, 0.25) is 0 Å². The van der Waals surface area contributed by atoms with Crippen molar-refractivity contribution in [2.24, 2.45) is 7.05 Å². The molecule has 1 rings (SSSR count). The van der Waals surface area contributed by atoms with Crippen LogP contribution in [0.5, 0.6) is 0 Å². The molecule has 5 nitrogen and oxygen atoms in total. The lowest BCUT2D eigenvalue weighted by Crippen LogP contribution is -2.07. The molecule has 1 aromatic rings. The summed E-state index contributed by atoms with van der Waals surface area (Å²) in [5, 5.41) is 13.2. The van der Waals surface area contributed by atoms with E-state index in [1.54, 1.807) is 20.2 Å². The molecule has 0 amide bonds. The number of carbonyl (C=O) groups is 1. The standard InChI is InChI=1S/C8H12N2O3/c1-5(11)6-4-10(2)9-7(6)8(12)13-3/h4-5,11H,1-3H3/t5-/m1/s1. The predicted octanol–water partition coefficient (Wildman–Crippen LogP) is 0.260. The Kier molecular flexibility index (Phi) is 2.67. The topological polar surface area (TPSA) is 64.3 Å². The van der Waals surface area contributed by atoms with Gasteiger partial charge in [-0.3, -0.25) is 4.68 Å². The molecule has 0 saturated heterocycles. The summed E-state index contributed by atoms with van der Waals surface area (Å²) in [6.45, 7) is 1.57. The second-order valence-corrected chi connectivity index (χ2v) is 2.77. The largest absolute Gasteiger partial charge is 0.464 e. The second kappa shape index (κ2) is 3.57. The van der Waals surface area contributed by atoms with Crippen molar-refractivity contribution in [3.63, 3.8) is 0 Å². The van der Waals surface area contributed by atoms with E-state index >= 15 is 0 Å². The summed E-state index contributed by atoms with van der Waals surface area (Å²) in [7, 11) is 2.96. The number of methoxy groups -OCH3 is 1. The van der Waals surface area contributed by atoms with Crippen LogP contribution in [-0.4, -0.2) is 28.0 Å². The molecule has 0 spiro atoms. The molecule has 0 aliphatic carbocycles. The normalized spacial score (nSPS) is 12.6. The van der Waals surface area contributed by atoms with Crippen molar-refractivity contribution in [1.82, 2.24) is 9.78 Å². The zero-order valence-electron chi connectivity index (χ0n) is 7.81. The van der Waals surface area contributed by atoms with Crippen LogP contribution in [0, 0.1) is 0 Å². The van der Waals surface area contributed by atoms with Crippen molar-refractivity contribution < 1.29 is 14.6 Å². The van der Waals surface area contributed by atoms with Gasteiger partial charge in [-0.1, -0.05) is 0 Å². The summed E-state index contributed by atoms with van der Waals surface area (Å²) in [4.78, 5) is 11.1. The summed E-state index contributed by atoms with van der Waals surface area (Å²) in [5.41, 5.74) is 0.648. The number of ether oxygens (including phenoxy) is 1. The number of hydrogen-bond acceptors (Lipinski definition) is 4. The van der Waals surface area contributed by atoms with Crippen LogP contribution in [0.25, 0.3) is 0 Å². The Labute approximate surface area is 75.9 Å². The Morgan fingerprint density at radius 1 is 1.77 bits per heavy atom. The predicted molar refractivity (Wildman–Crippen MR) is 45.2 cm³/mol. The van der Waals surface area contributed by atoms with Crippen molar-refractivity contribution in [2.75, 3.05) is 7.11 Å². The van der Waals surface area contributed by atoms with E-state index in [1.807, 2.05) is 0 Å². The fourth-order valence-electron chi connectivity index (χ4n) is 1.07. The highest BCUT2D eigenvalue weighted by atomic mass is 16.5. The van der Waals surface area contributed by atoms with E-state index in [9.17, 15) is 9.90 Å². The molecule has 0 unspecified atom stereocenters. The van der Waals surface area contributed by atoms with Gasteiger partial charge in [-0.05, 0) is 6.92 Å². The van der Waals surface area contributed by atoms with Gasteiger partial charge in [-0.15, -0.1) is 0 Å². The highest BCUT2D eigenvalue weighted by Crippen LogP contribution is 2.16. The van der Waals surface area contributed by atoms with Crippen LogP contribution >= 0.6 is 0 Å². The first-order chi connectivity index (χ1) is 6.06. The maximum atomic E-state index is 11.1. The highest BCUT2D eigenvalue weighted by molar-refractivity contribution is 5.88. The number of hydrogen-bond donors (Lipinski definition) is 1. The van der Waals surface area contributed by atoms with E-state index in [4.69, 9.17) is 0 Å². The number of esters is 1. The van der Waals surface area contributed by atoms with Crippen LogP contribution in [0.1, 0.15) is 29.1 Å². The molecule has 13 heavy (non-hydrogen) atoms. The summed E-state index contributed by atoms with van der Waals surface area (Å²) < 4.78 is 5.98. The molecule has 0 fully saturated rings. The van der Waals surface area contributed by atoms with Gasteiger partial charge in [-0.25, -0.2) is 4.79 Å². The number of aliphatic hydroxyl groups excluding tert-OH is 1. The van der Waals surface area contributed by atoms with Gasteiger partial charge in [0.05, 0.1) is 13.2 Å². The third-order valence-corrected chi connectivity index (χ3v) is 1.69. The lowest BCUT2D eigenvalue weighted by molar-refractivity contribution is 0.0587. The number of aliphatic hydroxyl groups is 1. The molecule has 0 radical (unpaired) electrons. The zero-order chi connectivity index (χ0) is 10.0. The summed E-state index contributed by atoms with van der Waals surface area (Å²) in [5.74, 6) is -0.531. The molecule has 0 bridgehead atoms. The van der Waals surface area contributed by atoms with Gasteiger partial charge in [0.1, 0.15) is 0 Å². The van der Waals surface area contributed by atoms with Crippen LogP contribution in [0.3, 0.4) is 0 Å². The molecule has 1 heterocycles. The minimum Gasteiger partial charge on any atom is -0.464 e. The second-order valence-electron chi connectivity index (χ2n) is 2.77. The lowest BCUT2D eigenvalue weighted by atomic mass is 10.1. The average Bonchev–Trinajstić information content (AvgIpc) is 2.46. The molecule has 0 aliphatic rings. The van der Waals surface area contributed by atoms with E-state index in [0.717, 1.165) is 0 Å². The zero-order valence-corrected chi connectivity index (χ0v) is 7.81. The third kappa shape index (κ3) is 1.86. The van der Waals surface area contributed by atoms with Gasteiger partial charge in [0.15, 0.2) is 5.69 Å². The Balaban J connectivity index is 3.11. The van der Waals surface area contributed by atoms with Crippen LogP contribution in [0.15, 0.2) is 6.20 Å². The molecule has 5 heteroatoms. The van der Waals surface area contributed by atoms with Gasteiger partial charge in [0, 0.05) is 18.8 Å². The number of nitrogens with zero attached hydrogens (tertiary/aromatic N) is 2. The fourth-order valence-corrected chi connectivity index (χ4v) is 1.07. The summed E-state index contributed by atoms with van der Waals surface area (Å²) >= 11 is 0. The molecule has 0 aromatic carbocycles. The molecular formula is C8H12N2O3. The minimum atomic E-state index is -0.720. The number of rotatable bonds is 2. The Hall–Kier alpha value is -1.36. The van der Waals surface area contributed by atoms with Crippen molar-refractivity contribution in [1.29, 1.82) is 0 Å². The smallest absolute Gasteiger partial charge is 0.358 e.